The number of pyridine rings is 1. The van der Waals surface area contributed by atoms with Crippen molar-refractivity contribution in [3.63, 3.8) is 0 Å². The molecule has 0 fully saturated rings. The number of nitrogens with zero attached hydrogens (tertiary/aromatic N) is 1. The third-order valence-corrected chi connectivity index (χ3v) is 3.76. The predicted molar refractivity (Wildman–Crippen MR) is 79.1 cm³/mol. The maximum absolute atomic E-state index is 12.3. The monoisotopic (exact) mass is 286 g/mol. The predicted octanol–water partition coefficient (Wildman–Crippen LogP) is 2.94. The van der Waals surface area contributed by atoms with Crippen LogP contribution in [0.4, 0.5) is 0 Å². The zero-order valence-electron chi connectivity index (χ0n) is 11.2. The highest BCUT2D eigenvalue weighted by molar-refractivity contribution is 6.29. The van der Waals surface area contributed by atoms with Crippen molar-refractivity contribution in [2.24, 2.45) is 0 Å². The molecule has 102 valence electrons. The van der Waals surface area contributed by atoms with Crippen LogP contribution >= 0.6 is 11.6 Å². The summed E-state index contributed by atoms with van der Waals surface area (Å²) in [4.78, 5) is 16.3. The van der Waals surface area contributed by atoms with Crippen molar-refractivity contribution in [2.75, 3.05) is 0 Å². The minimum Gasteiger partial charge on any atom is -0.349 e. The Kier molecular flexibility index (Phi) is 3.45. The molecular weight excluding hydrogens is 272 g/mol. The molecule has 0 bridgehead atoms. The Hall–Kier alpha value is -1.87. The summed E-state index contributed by atoms with van der Waals surface area (Å²) >= 11 is 5.89. The lowest BCUT2D eigenvalue weighted by molar-refractivity contribution is 0.0938. The van der Waals surface area contributed by atoms with Crippen LogP contribution in [0.2, 0.25) is 5.15 Å². The van der Waals surface area contributed by atoms with Crippen molar-refractivity contribution in [3.05, 3.63) is 63.9 Å². The van der Waals surface area contributed by atoms with Gasteiger partial charge in [-0.1, -0.05) is 35.9 Å². The zero-order valence-corrected chi connectivity index (χ0v) is 11.9. The summed E-state index contributed by atoms with van der Waals surface area (Å²) in [6.45, 7) is 1.83. The van der Waals surface area contributed by atoms with Gasteiger partial charge in [0.25, 0.3) is 5.91 Å². The second kappa shape index (κ2) is 5.25. The Bertz CT molecular complexity index is 624. The first kappa shape index (κ1) is 13.1. The summed E-state index contributed by atoms with van der Waals surface area (Å²) in [5, 5.41) is 3.42. The van der Waals surface area contributed by atoms with E-state index in [0.717, 1.165) is 18.5 Å². The van der Waals surface area contributed by atoms with Gasteiger partial charge >= 0.3 is 0 Å². The summed E-state index contributed by atoms with van der Waals surface area (Å²) in [6.07, 6.45) is 1.78. The van der Waals surface area contributed by atoms with Gasteiger partial charge in [0.15, 0.2) is 0 Å². The molecule has 0 saturated heterocycles. The van der Waals surface area contributed by atoms with Crippen molar-refractivity contribution in [1.29, 1.82) is 0 Å². The maximum atomic E-state index is 12.3. The number of aryl methyl sites for hydroxylation is 1. The number of fused-ring (bicyclic) bond motifs is 1. The molecule has 1 aliphatic carbocycles. The fourth-order valence-electron chi connectivity index (χ4n) is 2.69. The molecule has 0 aliphatic heterocycles. The van der Waals surface area contributed by atoms with Gasteiger partial charge in [-0.05, 0) is 43.0 Å². The van der Waals surface area contributed by atoms with Crippen molar-refractivity contribution in [3.8, 4) is 0 Å². The lowest BCUT2D eigenvalue weighted by Gasteiger charge is -2.12. The number of aromatic nitrogens is 1. The molecule has 3 nitrogen and oxygen atoms in total. The Balaban J connectivity index is 1.72. The average molecular weight is 287 g/mol. The third-order valence-electron chi connectivity index (χ3n) is 3.57. The van der Waals surface area contributed by atoms with E-state index < -0.39 is 0 Å². The van der Waals surface area contributed by atoms with Crippen molar-refractivity contribution < 1.29 is 4.79 Å². The molecule has 1 amide bonds. The highest BCUT2D eigenvalue weighted by Crippen LogP contribution is 2.22. The molecule has 1 aliphatic rings. The van der Waals surface area contributed by atoms with Crippen molar-refractivity contribution >= 4 is 17.5 Å². The molecule has 1 heterocycles. The summed E-state index contributed by atoms with van der Waals surface area (Å²) < 4.78 is 0. The Morgan fingerprint density at radius 2 is 1.90 bits per heavy atom. The SMILES string of the molecule is Cc1cc(C(=O)NC2Cc3ccccc3C2)cc(Cl)n1. The molecule has 20 heavy (non-hydrogen) atoms. The zero-order chi connectivity index (χ0) is 14.1. The molecule has 4 heteroatoms. The van der Waals surface area contributed by atoms with E-state index in [0.29, 0.717) is 10.7 Å². The van der Waals surface area contributed by atoms with E-state index in [4.69, 9.17) is 11.6 Å². The van der Waals surface area contributed by atoms with Crippen LogP contribution in [0.15, 0.2) is 36.4 Å². The molecule has 1 N–H and O–H groups in total. The van der Waals surface area contributed by atoms with Gasteiger partial charge in [-0.15, -0.1) is 0 Å². The summed E-state index contributed by atoms with van der Waals surface area (Å²) in [6, 6.07) is 11.8. The number of rotatable bonds is 2. The number of hydrogen-bond donors (Lipinski definition) is 1. The van der Waals surface area contributed by atoms with E-state index in [1.165, 1.54) is 11.1 Å². The molecular formula is C16H15ClN2O. The molecule has 0 unspecified atom stereocenters. The lowest BCUT2D eigenvalue weighted by atomic mass is 10.1. The van der Waals surface area contributed by atoms with E-state index in [2.05, 4.69) is 22.4 Å². The van der Waals surface area contributed by atoms with Gasteiger partial charge < -0.3 is 5.32 Å². The fraction of sp³-hybridized carbons (Fsp3) is 0.250. The first-order chi connectivity index (χ1) is 9.61. The molecule has 0 atom stereocenters. The maximum Gasteiger partial charge on any atom is 0.251 e. The second-order valence-corrected chi connectivity index (χ2v) is 5.55. The van der Waals surface area contributed by atoms with Crippen LogP contribution in [-0.2, 0) is 12.8 Å². The highest BCUT2D eigenvalue weighted by Gasteiger charge is 2.22. The molecule has 1 aromatic heterocycles. The topological polar surface area (TPSA) is 42.0 Å². The Labute approximate surface area is 123 Å². The van der Waals surface area contributed by atoms with Crippen molar-refractivity contribution in [1.82, 2.24) is 10.3 Å². The number of halogens is 1. The smallest absolute Gasteiger partial charge is 0.251 e. The largest absolute Gasteiger partial charge is 0.349 e. The second-order valence-electron chi connectivity index (χ2n) is 5.17. The van der Waals surface area contributed by atoms with Crippen LogP contribution < -0.4 is 5.32 Å². The average Bonchev–Trinajstić information content (AvgIpc) is 2.79. The normalized spacial score (nSPS) is 14.1. The lowest BCUT2D eigenvalue weighted by Crippen LogP contribution is -2.35. The minimum absolute atomic E-state index is 0.0878. The summed E-state index contributed by atoms with van der Waals surface area (Å²) in [7, 11) is 0. The van der Waals surface area contributed by atoms with E-state index in [9.17, 15) is 4.79 Å². The Morgan fingerprint density at radius 3 is 2.50 bits per heavy atom. The van der Waals surface area contributed by atoms with Gasteiger partial charge in [0.05, 0.1) is 0 Å². The molecule has 0 saturated carbocycles. The quantitative estimate of drug-likeness (QED) is 0.863. The van der Waals surface area contributed by atoms with Gasteiger partial charge in [-0.2, -0.15) is 0 Å². The number of nitrogens with one attached hydrogen (secondary N) is 1. The van der Waals surface area contributed by atoms with Crippen LogP contribution in [0.5, 0.6) is 0 Å². The van der Waals surface area contributed by atoms with E-state index in [1.807, 2.05) is 19.1 Å². The van der Waals surface area contributed by atoms with Crippen LogP contribution in [0, 0.1) is 6.92 Å². The van der Waals surface area contributed by atoms with E-state index in [1.54, 1.807) is 12.1 Å². The number of carbonyl (C=O) groups is 1. The standard InChI is InChI=1S/C16H15ClN2O/c1-10-6-13(9-15(17)18-10)16(20)19-14-7-11-4-2-3-5-12(11)8-14/h2-6,9,14H,7-8H2,1H3,(H,19,20). The third kappa shape index (κ3) is 2.68. The number of amides is 1. The molecule has 0 radical (unpaired) electrons. The van der Waals surface area contributed by atoms with Crippen LogP contribution in [0.1, 0.15) is 27.2 Å². The van der Waals surface area contributed by atoms with Gasteiger partial charge in [0.1, 0.15) is 5.15 Å². The van der Waals surface area contributed by atoms with Gasteiger partial charge in [-0.25, -0.2) is 4.98 Å². The van der Waals surface area contributed by atoms with Gasteiger partial charge in [0, 0.05) is 17.3 Å². The summed E-state index contributed by atoms with van der Waals surface area (Å²) in [5.41, 5.74) is 3.96. The van der Waals surface area contributed by atoms with Gasteiger partial charge in [-0.3, -0.25) is 4.79 Å². The first-order valence-electron chi connectivity index (χ1n) is 6.63. The fourth-order valence-corrected chi connectivity index (χ4v) is 2.94. The van der Waals surface area contributed by atoms with Crippen molar-refractivity contribution in [2.45, 2.75) is 25.8 Å². The number of hydrogen-bond acceptors (Lipinski definition) is 2. The molecule has 3 rings (SSSR count). The number of benzene rings is 1. The Morgan fingerprint density at radius 1 is 1.25 bits per heavy atom. The first-order valence-corrected chi connectivity index (χ1v) is 7.01. The molecule has 0 spiro atoms. The van der Waals surface area contributed by atoms with Crippen LogP contribution in [0.3, 0.4) is 0 Å². The van der Waals surface area contributed by atoms with Gasteiger partial charge in [0.2, 0.25) is 0 Å². The highest BCUT2D eigenvalue weighted by atomic mass is 35.5. The molecule has 1 aromatic carbocycles. The van der Waals surface area contributed by atoms with E-state index in [-0.39, 0.29) is 11.9 Å². The minimum atomic E-state index is -0.0878. The van der Waals surface area contributed by atoms with Crippen LogP contribution in [-0.4, -0.2) is 16.9 Å². The van der Waals surface area contributed by atoms with E-state index >= 15 is 0 Å². The summed E-state index contributed by atoms with van der Waals surface area (Å²) in [5.74, 6) is -0.0878. The van der Waals surface area contributed by atoms with Crippen LogP contribution in [0.25, 0.3) is 0 Å². The molecule has 2 aromatic rings. The number of carbonyl (C=O) groups excluding carboxylic acids is 1.